The van der Waals surface area contributed by atoms with Crippen LogP contribution in [0.3, 0.4) is 0 Å². The molecule has 0 aromatic heterocycles. The average molecular weight is 339 g/mol. The molecule has 0 fully saturated rings. The molecule has 4 heteroatoms. The predicted octanol–water partition coefficient (Wildman–Crippen LogP) is 4.01. The van der Waals surface area contributed by atoms with Crippen molar-refractivity contribution in [2.24, 2.45) is 0 Å². The second kappa shape index (κ2) is 9.48. The number of alkyl halides is 1. The summed E-state index contributed by atoms with van der Waals surface area (Å²) in [5, 5.41) is 0.938. The van der Waals surface area contributed by atoms with E-state index in [4.69, 9.17) is 4.74 Å². The van der Waals surface area contributed by atoms with Gasteiger partial charge in [-0.25, -0.2) is 0 Å². The molecule has 1 rings (SSSR count). The molecule has 0 bridgehead atoms. The SMILES string of the molecule is CCOC(=O)CCC(=O)c1ccc(C=CCCBr)cc1. The number of ether oxygens (including phenoxy) is 1. The van der Waals surface area contributed by atoms with Crippen LogP contribution >= 0.6 is 15.9 Å². The van der Waals surface area contributed by atoms with E-state index in [1.165, 1.54) is 0 Å². The van der Waals surface area contributed by atoms with Gasteiger partial charge in [-0.2, -0.15) is 0 Å². The maximum Gasteiger partial charge on any atom is 0.306 e. The van der Waals surface area contributed by atoms with Gasteiger partial charge >= 0.3 is 5.97 Å². The second-order valence-corrected chi connectivity index (χ2v) is 5.02. The summed E-state index contributed by atoms with van der Waals surface area (Å²) in [6.45, 7) is 2.10. The molecule has 108 valence electrons. The summed E-state index contributed by atoms with van der Waals surface area (Å²) in [6.07, 6.45) is 5.40. The van der Waals surface area contributed by atoms with E-state index in [-0.39, 0.29) is 24.6 Å². The minimum atomic E-state index is -0.324. The van der Waals surface area contributed by atoms with Gasteiger partial charge in [-0.1, -0.05) is 52.3 Å². The third-order valence-electron chi connectivity index (χ3n) is 2.68. The minimum Gasteiger partial charge on any atom is -0.466 e. The fraction of sp³-hybridized carbons (Fsp3) is 0.375. The van der Waals surface area contributed by atoms with Crippen LogP contribution in [0.25, 0.3) is 6.08 Å². The van der Waals surface area contributed by atoms with Gasteiger partial charge in [0.1, 0.15) is 0 Å². The smallest absolute Gasteiger partial charge is 0.306 e. The molecule has 0 saturated heterocycles. The number of esters is 1. The standard InChI is InChI=1S/C16H19BrO3/c1-2-20-16(19)11-10-15(18)14-8-6-13(7-9-14)5-3-4-12-17/h3,5-9H,2,4,10-12H2,1H3. The second-order valence-electron chi connectivity index (χ2n) is 4.23. The first kappa shape index (κ1) is 16.6. The van der Waals surface area contributed by atoms with Gasteiger partial charge in [0.05, 0.1) is 13.0 Å². The van der Waals surface area contributed by atoms with Gasteiger partial charge in [0, 0.05) is 17.3 Å². The molecule has 0 unspecified atom stereocenters. The van der Waals surface area contributed by atoms with Gasteiger partial charge in [0.25, 0.3) is 0 Å². The highest BCUT2D eigenvalue weighted by Gasteiger charge is 2.09. The lowest BCUT2D eigenvalue weighted by molar-refractivity contribution is -0.143. The highest BCUT2D eigenvalue weighted by molar-refractivity contribution is 9.09. The molecule has 0 aliphatic rings. The molecule has 1 aromatic rings. The zero-order valence-electron chi connectivity index (χ0n) is 11.6. The van der Waals surface area contributed by atoms with Crippen LogP contribution in [0.15, 0.2) is 30.3 Å². The van der Waals surface area contributed by atoms with Crippen LogP contribution in [0.1, 0.15) is 42.1 Å². The first-order valence-corrected chi connectivity index (χ1v) is 7.81. The Kier molecular flexibility index (Phi) is 7.88. The van der Waals surface area contributed by atoms with Crippen LogP contribution in [-0.2, 0) is 9.53 Å². The highest BCUT2D eigenvalue weighted by Crippen LogP contribution is 2.10. The van der Waals surface area contributed by atoms with E-state index in [1.807, 2.05) is 18.2 Å². The average Bonchev–Trinajstić information content (AvgIpc) is 2.46. The van der Waals surface area contributed by atoms with E-state index < -0.39 is 0 Å². The van der Waals surface area contributed by atoms with E-state index in [0.717, 1.165) is 17.3 Å². The minimum absolute atomic E-state index is 0.0333. The molecule has 3 nitrogen and oxygen atoms in total. The molecule has 0 spiro atoms. The summed E-state index contributed by atoms with van der Waals surface area (Å²) in [5.74, 6) is -0.357. The Bertz CT molecular complexity index is 463. The molecule has 0 atom stereocenters. The molecule has 0 saturated carbocycles. The maximum absolute atomic E-state index is 11.9. The van der Waals surface area contributed by atoms with Crippen LogP contribution in [0, 0.1) is 0 Å². The van der Waals surface area contributed by atoms with Gasteiger partial charge in [-0.05, 0) is 18.9 Å². The van der Waals surface area contributed by atoms with Crippen molar-refractivity contribution in [3.05, 3.63) is 41.5 Å². The lowest BCUT2D eigenvalue weighted by atomic mass is 10.0. The topological polar surface area (TPSA) is 43.4 Å². The Morgan fingerprint density at radius 1 is 1.20 bits per heavy atom. The molecule has 1 aromatic carbocycles. The first-order chi connectivity index (χ1) is 9.67. The van der Waals surface area contributed by atoms with Crippen LogP contribution < -0.4 is 0 Å². The Morgan fingerprint density at radius 3 is 2.50 bits per heavy atom. The number of carbonyl (C=O) groups excluding carboxylic acids is 2. The summed E-state index contributed by atoms with van der Waals surface area (Å²) in [7, 11) is 0. The Morgan fingerprint density at radius 2 is 1.90 bits per heavy atom. The van der Waals surface area contributed by atoms with Crippen molar-refractivity contribution in [3.8, 4) is 0 Å². The number of benzene rings is 1. The zero-order chi connectivity index (χ0) is 14.8. The fourth-order valence-electron chi connectivity index (χ4n) is 1.66. The van der Waals surface area contributed by atoms with Crippen LogP contribution in [0.4, 0.5) is 0 Å². The molecule has 0 radical (unpaired) electrons. The number of carbonyl (C=O) groups is 2. The number of rotatable bonds is 8. The summed E-state index contributed by atoms with van der Waals surface area (Å²) in [4.78, 5) is 23.1. The molecule has 0 aliphatic carbocycles. The van der Waals surface area contributed by atoms with E-state index in [9.17, 15) is 9.59 Å². The zero-order valence-corrected chi connectivity index (χ0v) is 13.2. The largest absolute Gasteiger partial charge is 0.466 e. The molecular formula is C16H19BrO3. The highest BCUT2D eigenvalue weighted by atomic mass is 79.9. The summed E-state index contributed by atoms with van der Waals surface area (Å²) in [6, 6.07) is 7.40. The molecular weight excluding hydrogens is 320 g/mol. The number of hydrogen-bond donors (Lipinski definition) is 0. The summed E-state index contributed by atoms with van der Waals surface area (Å²) >= 11 is 3.36. The van der Waals surface area contributed by atoms with Crippen LogP contribution in [-0.4, -0.2) is 23.7 Å². The van der Waals surface area contributed by atoms with Crippen molar-refractivity contribution in [2.45, 2.75) is 26.2 Å². The van der Waals surface area contributed by atoms with Gasteiger partial charge in [0.15, 0.2) is 5.78 Å². The Labute approximate surface area is 128 Å². The predicted molar refractivity (Wildman–Crippen MR) is 84.1 cm³/mol. The van der Waals surface area contributed by atoms with Crippen molar-refractivity contribution in [2.75, 3.05) is 11.9 Å². The monoisotopic (exact) mass is 338 g/mol. The third-order valence-corrected chi connectivity index (χ3v) is 3.14. The lowest BCUT2D eigenvalue weighted by Crippen LogP contribution is -2.07. The van der Waals surface area contributed by atoms with Crippen molar-refractivity contribution >= 4 is 33.8 Å². The molecule has 0 amide bonds. The van der Waals surface area contributed by atoms with Crippen molar-refractivity contribution in [3.63, 3.8) is 0 Å². The number of ketones is 1. The first-order valence-electron chi connectivity index (χ1n) is 6.68. The molecule has 0 aliphatic heterocycles. The molecule has 0 N–H and O–H groups in total. The maximum atomic E-state index is 11.9. The summed E-state index contributed by atoms with van der Waals surface area (Å²) in [5.41, 5.74) is 1.69. The van der Waals surface area contributed by atoms with Crippen molar-refractivity contribution in [1.82, 2.24) is 0 Å². The molecule has 20 heavy (non-hydrogen) atoms. The number of halogens is 1. The van der Waals surface area contributed by atoms with Gasteiger partial charge in [0.2, 0.25) is 0 Å². The Balaban J connectivity index is 2.51. The van der Waals surface area contributed by atoms with Gasteiger partial charge < -0.3 is 4.74 Å². The van der Waals surface area contributed by atoms with E-state index in [2.05, 4.69) is 22.0 Å². The Hall–Kier alpha value is -1.42. The van der Waals surface area contributed by atoms with Crippen molar-refractivity contribution in [1.29, 1.82) is 0 Å². The normalized spacial score (nSPS) is 10.7. The number of allylic oxidation sites excluding steroid dienone is 1. The van der Waals surface area contributed by atoms with Crippen LogP contribution in [0.2, 0.25) is 0 Å². The van der Waals surface area contributed by atoms with E-state index in [1.54, 1.807) is 19.1 Å². The quantitative estimate of drug-likeness (QED) is 0.408. The molecule has 0 heterocycles. The lowest BCUT2D eigenvalue weighted by Gasteiger charge is -2.02. The fourth-order valence-corrected chi connectivity index (χ4v) is 1.92. The van der Waals surface area contributed by atoms with Crippen LogP contribution in [0.5, 0.6) is 0 Å². The van der Waals surface area contributed by atoms with E-state index >= 15 is 0 Å². The third kappa shape index (κ3) is 6.15. The van der Waals surface area contributed by atoms with Crippen molar-refractivity contribution < 1.29 is 14.3 Å². The number of Topliss-reactive ketones (excluding diaryl/α,β-unsaturated/α-hetero) is 1. The van der Waals surface area contributed by atoms with Gasteiger partial charge in [-0.15, -0.1) is 0 Å². The van der Waals surface area contributed by atoms with Gasteiger partial charge in [-0.3, -0.25) is 9.59 Å². The number of hydrogen-bond acceptors (Lipinski definition) is 3. The van der Waals surface area contributed by atoms with E-state index in [0.29, 0.717) is 12.2 Å². The summed E-state index contributed by atoms with van der Waals surface area (Å²) < 4.78 is 4.80.